The van der Waals surface area contributed by atoms with E-state index in [1.807, 2.05) is 6.33 Å². The van der Waals surface area contributed by atoms with E-state index >= 15 is 0 Å². The summed E-state index contributed by atoms with van der Waals surface area (Å²) in [6.45, 7) is 9.94. The molecule has 0 saturated heterocycles. The van der Waals surface area contributed by atoms with Gasteiger partial charge >= 0.3 is 0 Å². The van der Waals surface area contributed by atoms with Crippen LogP contribution in [0.15, 0.2) is 6.33 Å². The van der Waals surface area contributed by atoms with Crippen LogP contribution >= 0.6 is 0 Å². The quantitative estimate of drug-likeness (QED) is 0.776. The lowest BCUT2D eigenvalue weighted by Crippen LogP contribution is -2.35. The van der Waals surface area contributed by atoms with Crippen molar-refractivity contribution in [2.45, 2.75) is 58.7 Å². The van der Waals surface area contributed by atoms with Crippen molar-refractivity contribution in [2.24, 2.45) is 0 Å². The molecule has 0 bridgehead atoms. The van der Waals surface area contributed by atoms with E-state index < -0.39 is 0 Å². The minimum absolute atomic E-state index is 0.688. The van der Waals surface area contributed by atoms with Crippen LogP contribution in [0, 0.1) is 0 Å². The van der Waals surface area contributed by atoms with Crippen LogP contribution in [-0.2, 0) is 13.1 Å². The molecule has 2 rings (SSSR count). The van der Waals surface area contributed by atoms with Gasteiger partial charge in [0.1, 0.15) is 12.2 Å². The second kappa shape index (κ2) is 7.60. The fourth-order valence-electron chi connectivity index (χ4n) is 2.67. The fraction of sp³-hybridized carbons (Fsp3) is 0.857. The molecule has 1 N–H and O–H groups in total. The second-order valence-electron chi connectivity index (χ2n) is 5.42. The average molecular weight is 265 g/mol. The smallest absolute Gasteiger partial charge is 0.147 e. The molecule has 1 aliphatic rings. The van der Waals surface area contributed by atoms with Crippen molar-refractivity contribution in [3.05, 3.63) is 12.2 Å². The Morgan fingerprint density at radius 2 is 2.26 bits per heavy atom. The molecule has 1 aliphatic heterocycles. The van der Waals surface area contributed by atoms with Gasteiger partial charge in [-0.05, 0) is 38.8 Å². The molecular formula is C14H27N5. The summed E-state index contributed by atoms with van der Waals surface area (Å²) >= 11 is 0. The molecule has 5 nitrogen and oxygen atoms in total. The number of aromatic nitrogens is 3. The van der Waals surface area contributed by atoms with Gasteiger partial charge in [0.05, 0.1) is 6.54 Å². The number of fused-ring (bicyclic) bond motifs is 1. The first-order valence-electron chi connectivity index (χ1n) is 7.66. The number of hydrogen-bond acceptors (Lipinski definition) is 4. The van der Waals surface area contributed by atoms with Crippen LogP contribution in [0.1, 0.15) is 45.4 Å². The summed E-state index contributed by atoms with van der Waals surface area (Å²) in [4.78, 5) is 2.50. The number of nitrogens with zero attached hydrogens (tertiary/aromatic N) is 4. The summed E-state index contributed by atoms with van der Waals surface area (Å²) in [6.07, 6.45) is 6.84. The first-order chi connectivity index (χ1) is 9.33. The number of rotatable bonds is 8. The Labute approximate surface area is 116 Å². The maximum Gasteiger partial charge on any atom is 0.147 e. The molecule has 2 heterocycles. The average Bonchev–Trinajstić information content (AvgIpc) is 2.90. The second-order valence-corrected chi connectivity index (χ2v) is 5.42. The molecule has 108 valence electrons. The van der Waals surface area contributed by atoms with Crippen molar-refractivity contribution in [2.75, 3.05) is 19.6 Å². The highest BCUT2D eigenvalue weighted by molar-refractivity contribution is 4.89. The van der Waals surface area contributed by atoms with Crippen LogP contribution in [0.2, 0.25) is 0 Å². The molecular weight excluding hydrogens is 238 g/mol. The van der Waals surface area contributed by atoms with E-state index in [4.69, 9.17) is 0 Å². The van der Waals surface area contributed by atoms with Crippen molar-refractivity contribution >= 4 is 0 Å². The maximum atomic E-state index is 4.17. The lowest BCUT2D eigenvalue weighted by molar-refractivity contribution is 0.209. The van der Waals surface area contributed by atoms with Crippen LogP contribution in [-0.4, -0.2) is 45.3 Å². The van der Waals surface area contributed by atoms with Crippen molar-refractivity contribution in [3.8, 4) is 0 Å². The zero-order chi connectivity index (χ0) is 13.5. The molecule has 5 heteroatoms. The van der Waals surface area contributed by atoms with Gasteiger partial charge in [0.15, 0.2) is 0 Å². The summed E-state index contributed by atoms with van der Waals surface area (Å²) in [5, 5.41) is 11.8. The van der Waals surface area contributed by atoms with E-state index in [2.05, 4.69) is 38.8 Å². The van der Waals surface area contributed by atoms with Crippen molar-refractivity contribution < 1.29 is 0 Å². The van der Waals surface area contributed by atoms with Gasteiger partial charge in [-0.25, -0.2) is 0 Å². The third kappa shape index (κ3) is 4.28. The van der Waals surface area contributed by atoms with E-state index in [9.17, 15) is 0 Å². The predicted octanol–water partition coefficient (Wildman–Crippen LogP) is 1.65. The molecule has 19 heavy (non-hydrogen) atoms. The van der Waals surface area contributed by atoms with Crippen LogP contribution < -0.4 is 5.32 Å². The van der Waals surface area contributed by atoms with E-state index in [1.165, 1.54) is 32.2 Å². The van der Waals surface area contributed by atoms with Gasteiger partial charge in [-0.15, -0.1) is 10.2 Å². The number of nitrogens with one attached hydrogen (secondary N) is 1. The highest BCUT2D eigenvalue weighted by Crippen LogP contribution is 2.11. The summed E-state index contributed by atoms with van der Waals surface area (Å²) < 4.78 is 2.16. The summed E-state index contributed by atoms with van der Waals surface area (Å²) in [5.41, 5.74) is 0. The fourth-order valence-corrected chi connectivity index (χ4v) is 2.67. The molecule has 0 radical (unpaired) electrons. The Morgan fingerprint density at radius 3 is 3.05 bits per heavy atom. The van der Waals surface area contributed by atoms with Crippen LogP contribution in [0.4, 0.5) is 0 Å². The first kappa shape index (κ1) is 14.5. The van der Waals surface area contributed by atoms with Gasteiger partial charge < -0.3 is 9.88 Å². The van der Waals surface area contributed by atoms with Crippen LogP contribution in [0.25, 0.3) is 0 Å². The normalized spacial score (nSPS) is 17.4. The molecule has 0 aromatic carbocycles. The van der Waals surface area contributed by atoms with E-state index in [0.717, 1.165) is 32.0 Å². The molecule has 1 atom stereocenters. The van der Waals surface area contributed by atoms with Crippen molar-refractivity contribution in [3.63, 3.8) is 0 Å². The van der Waals surface area contributed by atoms with Crippen LogP contribution in [0.3, 0.4) is 0 Å². The maximum absolute atomic E-state index is 4.17. The Morgan fingerprint density at radius 1 is 1.37 bits per heavy atom. The Hall–Kier alpha value is -0.940. The monoisotopic (exact) mass is 265 g/mol. The Kier molecular flexibility index (Phi) is 5.79. The third-order valence-electron chi connectivity index (χ3n) is 3.92. The lowest BCUT2D eigenvalue weighted by Gasteiger charge is -2.27. The molecule has 1 aromatic rings. The van der Waals surface area contributed by atoms with Gasteiger partial charge in [0.25, 0.3) is 0 Å². The zero-order valence-electron chi connectivity index (χ0n) is 12.3. The van der Waals surface area contributed by atoms with E-state index in [-0.39, 0.29) is 0 Å². The molecule has 0 amide bonds. The first-order valence-corrected chi connectivity index (χ1v) is 7.66. The lowest BCUT2D eigenvalue weighted by atomic mass is 10.1. The van der Waals surface area contributed by atoms with Gasteiger partial charge in [-0.2, -0.15) is 0 Å². The predicted molar refractivity (Wildman–Crippen MR) is 76.9 cm³/mol. The topological polar surface area (TPSA) is 46.0 Å². The molecule has 0 saturated carbocycles. The molecule has 1 aromatic heterocycles. The summed E-state index contributed by atoms with van der Waals surface area (Å²) in [6, 6.07) is 0.688. The van der Waals surface area contributed by atoms with Crippen LogP contribution in [0.5, 0.6) is 0 Å². The van der Waals surface area contributed by atoms with Crippen molar-refractivity contribution in [1.82, 2.24) is 25.0 Å². The highest BCUT2D eigenvalue weighted by atomic mass is 15.3. The summed E-state index contributed by atoms with van der Waals surface area (Å²) in [5.74, 6) is 1.11. The molecule has 0 fully saturated rings. The van der Waals surface area contributed by atoms with Gasteiger partial charge in [0, 0.05) is 19.1 Å². The zero-order valence-corrected chi connectivity index (χ0v) is 12.3. The molecule has 0 spiro atoms. The van der Waals surface area contributed by atoms with E-state index in [0.29, 0.717) is 6.04 Å². The van der Waals surface area contributed by atoms with Gasteiger partial charge in [0.2, 0.25) is 0 Å². The Balaban J connectivity index is 1.66. The van der Waals surface area contributed by atoms with Gasteiger partial charge in [-0.1, -0.05) is 13.8 Å². The SMILES string of the molecule is CCCNC(CC)CCCN1CCn2cnnc2C1. The van der Waals surface area contributed by atoms with Crippen molar-refractivity contribution in [1.29, 1.82) is 0 Å². The third-order valence-corrected chi connectivity index (χ3v) is 3.92. The Bertz CT molecular complexity index is 362. The standard InChI is InChI=1S/C14H27N5/c1-3-7-15-13(4-2)6-5-8-18-9-10-19-12-16-17-14(19)11-18/h12-13,15H,3-11H2,1-2H3. The van der Waals surface area contributed by atoms with E-state index in [1.54, 1.807) is 0 Å². The van der Waals surface area contributed by atoms with Gasteiger partial charge in [-0.3, -0.25) is 4.90 Å². The minimum atomic E-state index is 0.688. The summed E-state index contributed by atoms with van der Waals surface area (Å²) in [7, 11) is 0. The molecule has 1 unspecified atom stereocenters. The molecule has 0 aliphatic carbocycles. The minimum Gasteiger partial charge on any atom is -0.315 e. The number of hydrogen-bond donors (Lipinski definition) is 1. The highest BCUT2D eigenvalue weighted by Gasteiger charge is 2.17. The largest absolute Gasteiger partial charge is 0.315 e.